The monoisotopic (exact) mass is 310 g/mol. The SMILES string of the molecule is Cn1nccc1CCC(=O)c1ccc(F)cc1Br. The van der Waals surface area contributed by atoms with Crippen LogP contribution in [0.1, 0.15) is 22.5 Å². The van der Waals surface area contributed by atoms with Gasteiger partial charge in [-0.05, 0) is 46.6 Å². The Kier molecular flexibility index (Phi) is 3.91. The van der Waals surface area contributed by atoms with Crippen molar-refractivity contribution in [2.75, 3.05) is 0 Å². The van der Waals surface area contributed by atoms with Crippen LogP contribution in [0.25, 0.3) is 0 Å². The van der Waals surface area contributed by atoms with Gasteiger partial charge >= 0.3 is 0 Å². The number of carbonyl (C=O) groups is 1. The fourth-order valence-corrected chi connectivity index (χ4v) is 2.31. The molecule has 18 heavy (non-hydrogen) atoms. The van der Waals surface area contributed by atoms with Crippen molar-refractivity contribution in [3.05, 3.63) is 52.0 Å². The number of aryl methyl sites for hydroxylation is 2. The molecule has 0 radical (unpaired) electrons. The van der Waals surface area contributed by atoms with Gasteiger partial charge in [0.1, 0.15) is 5.82 Å². The predicted molar refractivity (Wildman–Crippen MR) is 70.0 cm³/mol. The van der Waals surface area contributed by atoms with E-state index in [0.29, 0.717) is 22.9 Å². The number of ketones is 1. The smallest absolute Gasteiger partial charge is 0.164 e. The molecule has 0 amide bonds. The van der Waals surface area contributed by atoms with Gasteiger partial charge in [-0.2, -0.15) is 5.10 Å². The van der Waals surface area contributed by atoms with Crippen molar-refractivity contribution >= 4 is 21.7 Å². The van der Waals surface area contributed by atoms with Crippen molar-refractivity contribution in [1.82, 2.24) is 9.78 Å². The van der Waals surface area contributed by atoms with Crippen molar-refractivity contribution in [2.45, 2.75) is 12.8 Å². The predicted octanol–water partition coefficient (Wildman–Crippen LogP) is 3.14. The Bertz CT molecular complexity index is 580. The van der Waals surface area contributed by atoms with Crippen LogP contribution in [0.2, 0.25) is 0 Å². The van der Waals surface area contributed by atoms with Crippen molar-refractivity contribution in [2.24, 2.45) is 7.05 Å². The van der Waals surface area contributed by atoms with Crippen LogP contribution in [-0.2, 0) is 13.5 Å². The third-order valence-corrected chi connectivity index (χ3v) is 3.42. The second-order valence-corrected chi connectivity index (χ2v) is 4.85. The van der Waals surface area contributed by atoms with Gasteiger partial charge in [0.05, 0.1) is 0 Å². The topological polar surface area (TPSA) is 34.9 Å². The molecule has 2 aromatic rings. The molecule has 0 saturated heterocycles. The van der Waals surface area contributed by atoms with Gasteiger partial charge in [0.25, 0.3) is 0 Å². The van der Waals surface area contributed by atoms with Crippen LogP contribution in [0, 0.1) is 5.82 Å². The molecule has 5 heteroatoms. The zero-order valence-corrected chi connectivity index (χ0v) is 11.4. The highest BCUT2D eigenvalue weighted by molar-refractivity contribution is 9.10. The van der Waals surface area contributed by atoms with E-state index in [1.54, 1.807) is 10.9 Å². The molecular formula is C13H12BrFN2O. The molecule has 1 aromatic heterocycles. The molecule has 2 rings (SSSR count). The fourth-order valence-electron chi connectivity index (χ4n) is 1.74. The molecule has 0 aliphatic heterocycles. The largest absolute Gasteiger partial charge is 0.294 e. The summed E-state index contributed by atoms with van der Waals surface area (Å²) in [6, 6.07) is 5.98. The number of carbonyl (C=O) groups excluding carboxylic acids is 1. The van der Waals surface area contributed by atoms with Gasteiger partial charge in [0.15, 0.2) is 5.78 Å². The summed E-state index contributed by atoms with van der Waals surface area (Å²) in [5, 5.41) is 4.04. The van der Waals surface area contributed by atoms with E-state index in [1.807, 2.05) is 13.1 Å². The Labute approximate surface area is 113 Å². The van der Waals surface area contributed by atoms with Crippen molar-refractivity contribution < 1.29 is 9.18 Å². The van der Waals surface area contributed by atoms with E-state index >= 15 is 0 Å². The molecule has 0 aliphatic rings. The van der Waals surface area contributed by atoms with Crippen LogP contribution >= 0.6 is 15.9 Å². The number of nitrogens with zero attached hydrogens (tertiary/aromatic N) is 2. The first-order valence-electron chi connectivity index (χ1n) is 5.53. The van der Waals surface area contributed by atoms with Gasteiger partial charge in [-0.1, -0.05) is 0 Å². The molecule has 3 nitrogen and oxygen atoms in total. The highest BCUT2D eigenvalue weighted by Gasteiger charge is 2.11. The summed E-state index contributed by atoms with van der Waals surface area (Å²) in [7, 11) is 1.84. The van der Waals surface area contributed by atoms with E-state index in [0.717, 1.165) is 5.69 Å². The van der Waals surface area contributed by atoms with Crippen LogP contribution < -0.4 is 0 Å². The van der Waals surface area contributed by atoms with E-state index in [1.165, 1.54) is 18.2 Å². The van der Waals surface area contributed by atoms with Crippen molar-refractivity contribution in [3.63, 3.8) is 0 Å². The number of hydrogen-bond acceptors (Lipinski definition) is 2. The summed E-state index contributed by atoms with van der Waals surface area (Å²) in [5.41, 5.74) is 1.51. The molecule has 0 unspecified atom stereocenters. The Morgan fingerprint density at radius 3 is 2.83 bits per heavy atom. The number of rotatable bonds is 4. The average Bonchev–Trinajstić information content (AvgIpc) is 2.72. The van der Waals surface area contributed by atoms with Crippen LogP contribution in [0.5, 0.6) is 0 Å². The second kappa shape index (κ2) is 5.44. The average molecular weight is 311 g/mol. The van der Waals surface area contributed by atoms with Gasteiger partial charge in [-0.15, -0.1) is 0 Å². The molecule has 0 saturated carbocycles. The third kappa shape index (κ3) is 2.85. The van der Waals surface area contributed by atoms with Crippen LogP contribution in [-0.4, -0.2) is 15.6 Å². The first kappa shape index (κ1) is 13.0. The summed E-state index contributed by atoms with van der Waals surface area (Å²) in [6.45, 7) is 0. The summed E-state index contributed by atoms with van der Waals surface area (Å²) in [4.78, 5) is 12.0. The van der Waals surface area contributed by atoms with Crippen LogP contribution in [0.3, 0.4) is 0 Å². The minimum absolute atomic E-state index is 0.0110. The summed E-state index contributed by atoms with van der Waals surface area (Å²) in [6.07, 6.45) is 2.70. The summed E-state index contributed by atoms with van der Waals surface area (Å²) < 4.78 is 15.2. The zero-order valence-electron chi connectivity index (χ0n) is 9.86. The molecule has 0 bridgehead atoms. The molecular weight excluding hydrogens is 299 g/mol. The number of halogens is 2. The summed E-state index contributed by atoms with van der Waals surface area (Å²) in [5.74, 6) is -0.367. The summed E-state index contributed by atoms with van der Waals surface area (Å²) >= 11 is 3.20. The van der Waals surface area contributed by atoms with Gasteiger partial charge in [-0.3, -0.25) is 9.48 Å². The van der Waals surface area contributed by atoms with E-state index in [9.17, 15) is 9.18 Å². The fraction of sp³-hybridized carbons (Fsp3) is 0.231. The third-order valence-electron chi connectivity index (χ3n) is 2.76. The molecule has 94 valence electrons. The van der Waals surface area contributed by atoms with Crippen molar-refractivity contribution in [1.29, 1.82) is 0 Å². The number of aromatic nitrogens is 2. The van der Waals surface area contributed by atoms with Gasteiger partial charge in [0.2, 0.25) is 0 Å². The number of benzene rings is 1. The van der Waals surface area contributed by atoms with E-state index < -0.39 is 0 Å². The molecule has 0 aliphatic carbocycles. The molecule has 1 heterocycles. The molecule has 1 aromatic carbocycles. The standard InChI is InChI=1S/C13H12BrFN2O/c1-17-10(6-7-16-17)3-5-13(18)11-4-2-9(15)8-12(11)14/h2,4,6-8H,3,5H2,1H3. The first-order valence-corrected chi connectivity index (χ1v) is 6.32. The Hall–Kier alpha value is -1.49. The minimum Gasteiger partial charge on any atom is -0.294 e. The highest BCUT2D eigenvalue weighted by atomic mass is 79.9. The van der Waals surface area contributed by atoms with Gasteiger partial charge in [0, 0.05) is 35.4 Å². The zero-order chi connectivity index (χ0) is 13.1. The Morgan fingerprint density at radius 2 is 2.22 bits per heavy atom. The quantitative estimate of drug-likeness (QED) is 0.813. The number of hydrogen-bond donors (Lipinski definition) is 0. The van der Waals surface area contributed by atoms with Crippen LogP contribution in [0.15, 0.2) is 34.9 Å². The maximum atomic E-state index is 12.9. The lowest BCUT2D eigenvalue weighted by Gasteiger charge is -2.04. The molecule has 0 spiro atoms. The second-order valence-electron chi connectivity index (χ2n) is 3.99. The number of Topliss-reactive ketones (excluding diaryl/α,β-unsaturated/α-hetero) is 1. The van der Waals surface area contributed by atoms with Crippen LogP contribution in [0.4, 0.5) is 4.39 Å². The lowest BCUT2D eigenvalue weighted by molar-refractivity contribution is 0.0981. The normalized spacial score (nSPS) is 10.6. The molecule has 0 N–H and O–H groups in total. The maximum absolute atomic E-state index is 12.9. The van der Waals surface area contributed by atoms with E-state index in [2.05, 4.69) is 21.0 Å². The van der Waals surface area contributed by atoms with Gasteiger partial charge in [-0.25, -0.2) is 4.39 Å². The Balaban J connectivity index is 2.06. The Morgan fingerprint density at radius 1 is 1.44 bits per heavy atom. The lowest BCUT2D eigenvalue weighted by Crippen LogP contribution is -2.05. The van der Waals surface area contributed by atoms with E-state index in [-0.39, 0.29) is 11.6 Å². The molecule has 0 atom stereocenters. The molecule has 0 fully saturated rings. The maximum Gasteiger partial charge on any atom is 0.164 e. The first-order chi connectivity index (χ1) is 8.58. The lowest BCUT2D eigenvalue weighted by atomic mass is 10.1. The van der Waals surface area contributed by atoms with Gasteiger partial charge < -0.3 is 0 Å². The van der Waals surface area contributed by atoms with Crippen molar-refractivity contribution in [3.8, 4) is 0 Å². The minimum atomic E-state index is -0.356. The van der Waals surface area contributed by atoms with E-state index in [4.69, 9.17) is 0 Å². The highest BCUT2D eigenvalue weighted by Crippen LogP contribution is 2.20.